The molecule has 9 heteroatoms. The molecule has 1 amide bonds. The van der Waals surface area contributed by atoms with Gasteiger partial charge in [0.1, 0.15) is 11.1 Å². The highest BCUT2D eigenvalue weighted by atomic mass is 32.2. The molecule has 0 aliphatic carbocycles. The number of thioether (sulfide) groups is 1. The molecule has 1 aromatic heterocycles. The SMILES string of the molecule is CCC(Sc1cccc(NC(=S)Nc2ccc(C)cc2)c1)C(=O)Nc1sc2c(c1C#N)CCN(Cc1ccccc1)C2. The molecule has 1 atom stereocenters. The minimum atomic E-state index is -0.307. The van der Waals surface area contributed by atoms with Crippen LogP contribution in [0.25, 0.3) is 0 Å². The average molecular weight is 612 g/mol. The number of rotatable bonds is 9. The van der Waals surface area contributed by atoms with Crippen LogP contribution in [-0.4, -0.2) is 27.7 Å². The second-order valence-corrected chi connectivity index (χ2v) is 13.0. The average Bonchev–Trinajstić information content (AvgIpc) is 3.33. The van der Waals surface area contributed by atoms with Crippen LogP contribution in [0, 0.1) is 18.3 Å². The van der Waals surface area contributed by atoms with Gasteiger partial charge in [-0.05, 0) is 73.4 Å². The van der Waals surface area contributed by atoms with Crippen molar-refractivity contribution in [2.24, 2.45) is 0 Å². The van der Waals surface area contributed by atoms with Gasteiger partial charge in [0, 0.05) is 40.8 Å². The van der Waals surface area contributed by atoms with E-state index in [2.05, 4.69) is 51.2 Å². The van der Waals surface area contributed by atoms with Crippen molar-refractivity contribution in [1.29, 1.82) is 5.26 Å². The molecule has 214 valence electrons. The first kappa shape index (κ1) is 29.8. The van der Waals surface area contributed by atoms with E-state index in [4.69, 9.17) is 12.2 Å². The molecular weight excluding hydrogens is 579 g/mol. The van der Waals surface area contributed by atoms with Crippen molar-refractivity contribution in [1.82, 2.24) is 4.90 Å². The van der Waals surface area contributed by atoms with Gasteiger partial charge < -0.3 is 16.0 Å². The summed E-state index contributed by atoms with van der Waals surface area (Å²) < 4.78 is 0. The molecule has 1 unspecified atom stereocenters. The number of nitrogens with one attached hydrogen (secondary N) is 3. The number of hydrogen-bond donors (Lipinski definition) is 3. The van der Waals surface area contributed by atoms with E-state index in [1.807, 2.05) is 68.4 Å². The Balaban J connectivity index is 1.21. The number of hydrogen-bond acceptors (Lipinski definition) is 6. The van der Waals surface area contributed by atoms with E-state index in [1.54, 1.807) is 0 Å². The lowest BCUT2D eigenvalue weighted by Gasteiger charge is -2.26. The fourth-order valence-corrected chi connectivity index (χ4v) is 7.39. The molecule has 42 heavy (non-hydrogen) atoms. The lowest BCUT2D eigenvalue weighted by Crippen LogP contribution is -2.29. The van der Waals surface area contributed by atoms with E-state index in [0.29, 0.717) is 22.1 Å². The lowest BCUT2D eigenvalue weighted by atomic mass is 10.0. The number of carbonyl (C=O) groups is 1. The maximum Gasteiger partial charge on any atom is 0.238 e. The molecule has 4 aromatic rings. The summed E-state index contributed by atoms with van der Waals surface area (Å²) in [5.74, 6) is -0.0892. The van der Waals surface area contributed by atoms with Gasteiger partial charge in [-0.1, -0.05) is 61.0 Å². The van der Waals surface area contributed by atoms with Crippen LogP contribution >= 0.6 is 35.3 Å². The molecule has 6 nitrogen and oxygen atoms in total. The van der Waals surface area contributed by atoms with Gasteiger partial charge in [0.15, 0.2) is 5.11 Å². The van der Waals surface area contributed by atoms with Crippen molar-refractivity contribution in [2.45, 2.75) is 49.9 Å². The van der Waals surface area contributed by atoms with Crippen molar-refractivity contribution in [3.63, 3.8) is 0 Å². The Morgan fingerprint density at radius 1 is 1.05 bits per heavy atom. The zero-order valence-electron chi connectivity index (χ0n) is 23.6. The maximum absolute atomic E-state index is 13.4. The van der Waals surface area contributed by atoms with Gasteiger partial charge in [-0.2, -0.15) is 5.26 Å². The minimum absolute atomic E-state index is 0.0892. The van der Waals surface area contributed by atoms with Crippen LogP contribution in [-0.2, 0) is 24.3 Å². The third kappa shape index (κ3) is 7.58. The number of benzene rings is 3. The zero-order chi connectivity index (χ0) is 29.5. The Bertz CT molecular complexity index is 1590. The first-order valence-electron chi connectivity index (χ1n) is 13.9. The highest BCUT2D eigenvalue weighted by Gasteiger charge is 2.27. The van der Waals surface area contributed by atoms with Crippen LogP contribution in [0.4, 0.5) is 16.4 Å². The van der Waals surface area contributed by atoms with Gasteiger partial charge >= 0.3 is 0 Å². The van der Waals surface area contributed by atoms with Gasteiger partial charge in [0.05, 0.1) is 10.8 Å². The number of nitriles is 1. The fourth-order valence-electron chi connectivity index (χ4n) is 4.90. The molecule has 0 fully saturated rings. The summed E-state index contributed by atoms with van der Waals surface area (Å²) in [6.07, 6.45) is 1.46. The van der Waals surface area contributed by atoms with E-state index in [1.165, 1.54) is 39.1 Å². The van der Waals surface area contributed by atoms with Crippen LogP contribution in [0.15, 0.2) is 83.8 Å². The summed E-state index contributed by atoms with van der Waals surface area (Å²) >= 11 is 8.55. The Kier molecular flexibility index (Phi) is 9.93. The predicted octanol–water partition coefficient (Wildman–Crippen LogP) is 7.80. The molecule has 1 aliphatic rings. The Morgan fingerprint density at radius 3 is 2.55 bits per heavy atom. The molecular formula is C33H33N5OS3. The molecule has 2 heterocycles. The summed E-state index contributed by atoms with van der Waals surface area (Å²) in [6.45, 7) is 6.60. The molecule has 0 saturated heterocycles. The maximum atomic E-state index is 13.4. The van der Waals surface area contributed by atoms with Gasteiger partial charge in [0.2, 0.25) is 5.91 Å². The second-order valence-electron chi connectivity index (χ2n) is 10.2. The molecule has 1 aliphatic heterocycles. The minimum Gasteiger partial charge on any atom is -0.332 e. The zero-order valence-corrected chi connectivity index (χ0v) is 26.1. The van der Waals surface area contributed by atoms with Crippen molar-refractivity contribution in [3.8, 4) is 6.07 Å². The second kappa shape index (κ2) is 14.0. The summed E-state index contributed by atoms with van der Waals surface area (Å²) in [7, 11) is 0. The summed E-state index contributed by atoms with van der Waals surface area (Å²) in [5.41, 5.74) is 5.92. The molecule has 3 N–H and O–H groups in total. The number of carbonyl (C=O) groups excluding carboxylic acids is 1. The van der Waals surface area contributed by atoms with Crippen LogP contribution < -0.4 is 16.0 Å². The number of anilines is 3. The van der Waals surface area contributed by atoms with Gasteiger partial charge in [-0.3, -0.25) is 9.69 Å². The fraction of sp³-hybridized carbons (Fsp3) is 0.242. The molecule has 0 spiro atoms. The third-order valence-corrected chi connectivity index (χ3v) is 9.77. The van der Waals surface area contributed by atoms with Crippen molar-refractivity contribution in [2.75, 3.05) is 22.5 Å². The molecule has 0 bridgehead atoms. The first-order chi connectivity index (χ1) is 20.4. The van der Waals surface area contributed by atoms with E-state index in [-0.39, 0.29) is 11.2 Å². The van der Waals surface area contributed by atoms with Crippen molar-refractivity contribution >= 4 is 62.7 Å². The molecule has 3 aromatic carbocycles. The van der Waals surface area contributed by atoms with Crippen molar-refractivity contribution < 1.29 is 4.79 Å². The monoisotopic (exact) mass is 611 g/mol. The molecule has 5 rings (SSSR count). The third-order valence-electron chi connectivity index (χ3n) is 7.08. The highest BCUT2D eigenvalue weighted by molar-refractivity contribution is 8.00. The molecule has 0 saturated carbocycles. The number of amides is 1. The van der Waals surface area contributed by atoms with Crippen LogP contribution in [0.2, 0.25) is 0 Å². The number of nitrogens with zero attached hydrogens (tertiary/aromatic N) is 2. The number of aryl methyl sites for hydroxylation is 1. The molecule has 0 radical (unpaired) electrons. The number of fused-ring (bicyclic) bond motifs is 1. The Labute approximate surface area is 261 Å². The standard InChI is InChI=1S/C33H33N5OS3/c1-3-29(41-26-11-7-10-25(18-26)36-33(40)35-24-14-12-22(2)13-15-24)31(39)37-32-28(19-34)27-16-17-38(21-30(27)42-32)20-23-8-5-4-6-9-23/h4-15,18,29H,3,16-17,20-21H2,1-2H3,(H,37,39)(H2,35,36,40). The first-order valence-corrected chi connectivity index (χ1v) is 16.1. The predicted molar refractivity (Wildman–Crippen MR) is 179 cm³/mol. The summed E-state index contributed by atoms with van der Waals surface area (Å²) in [4.78, 5) is 18.0. The quantitative estimate of drug-likeness (QED) is 0.132. The topological polar surface area (TPSA) is 80.2 Å². The van der Waals surface area contributed by atoms with Gasteiger partial charge in [-0.15, -0.1) is 23.1 Å². The number of thiocarbonyl (C=S) groups is 1. The normalized spacial score (nSPS) is 13.5. The van der Waals surface area contributed by atoms with Gasteiger partial charge in [-0.25, -0.2) is 0 Å². The van der Waals surface area contributed by atoms with E-state index in [0.717, 1.165) is 47.9 Å². The van der Waals surface area contributed by atoms with E-state index >= 15 is 0 Å². The largest absolute Gasteiger partial charge is 0.332 e. The van der Waals surface area contributed by atoms with Crippen LogP contribution in [0.1, 0.15) is 40.5 Å². The van der Waals surface area contributed by atoms with Gasteiger partial charge in [0.25, 0.3) is 0 Å². The van der Waals surface area contributed by atoms with Crippen LogP contribution in [0.3, 0.4) is 0 Å². The lowest BCUT2D eigenvalue weighted by molar-refractivity contribution is -0.115. The Morgan fingerprint density at radius 2 is 1.81 bits per heavy atom. The summed E-state index contributed by atoms with van der Waals surface area (Å²) in [5, 5.41) is 20.4. The van der Waals surface area contributed by atoms with Crippen molar-refractivity contribution in [3.05, 3.63) is 106 Å². The van der Waals surface area contributed by atoms with E-state index < -0.39 is 0 Å². The van der Waals surface area contributed by atoms with E-state index in [9.17, 15) is 10.1 Å². The smallest absolute Gasteiger partial charge is 0.238 e. The summed E-state index contributed by atoms with van der Waals surface area (Å²) in [6, 6.07) is 28.7. The number of thiophene rings is 1. The highest BCUT2D eigenvalue weighted by Crippen LogP contribution is 2.38. The Hall–Kier alpha value is -3.68. The van der Waals surface area contributed by atoms with Crippen LogP contribution in [0.5, 0.6) is 0 Å².